The van der Waals surface area contributed by atoms with Gasteiger partial charge in [-0.25, -0.2) is 4.39 Å². The fourth-order valence-corrected chi connectivity index (χ4v) is 1.33. The fourth-order valence-electron chi connectivity index (χ4n) is 1.21. The third kappa shape index (κ3) is 2.70. The summed E-state index contributed by atoms with van der Waals surface area (Å²) in [5, 5.41) is 0.0938. The van der Waals surface area contributed by atoms with Crippen molar-refractivity contribution in [3.8, 4) is 5.75 Å². The minimum Gasteiger partial charge on any atom is -0.489 e. The first-order chi connectivity index (χ1) is 7.75. The van der Waals surface area contributed by atoms with Crippen molar-refractivity contribution in [3.05, 3.63) is 59.1 Å². The normalized spacial score (nSPS) is 10.1. The van der Waals surface area contributed by atoms with Gasteiger partial charge >= 0.3 is 0 Å². The second kappa shape index (κ2) is 4.94. The van der Waals surface area contributed by atoms with Gasteiger partial charge < -0.3 is 4.74 Å². The maximum atomic E-state index is 13.1. The molecule has 4 heteroatoms. The van der Waals surface area contributed by atoms with Crippen LogP contribution in [-0.2, 0) is 6.61 Å². The molecule has 0 saturated carbocycles. The third-order valence-electron chi connectivity index (χ3n) is 2.05. The summed E-state index contributed by atoms with van der Waals surface area (Å²) in [5.41, 5.74) is 0.977. The fraction of sp³-hybridized carbons (Fsp3) is 0.0833. The van der Waals surface area contributed by atoms with Crippen LogP contribution in [0.3, 0.4) is 0 Å². The molecule has 0 aliphatic carbocycles. The Labute approximate surface area is 97.7 Å². The highest BCUT2D eigenvalue weighted by Crippen LogP contribution is 2.21. The van der Waals surface area contributed by atoms with E-state index < -0.39 is 5.82 Å². The number of pyridine rings is 1. The van der Waals surface area contributed by atoms with Gasteiger partial charge in [0, 0.05) is 18.5 Å². The molecular formula is C12H9ClFNO. The lowest BCUT2D eigenvalue weighted by Crippen LogP contribution is -1.95. The van der Waals surface area contributed by atoms with Crippen molar-refractivity contribution in [3.63, 3.8) is 0 Å². The van der Waals surface area contributed by atoms with E-state index in [9.17, 15) is 4.39 Å². The zero-order chi connectivity index (χ0) is 11.4. The lowest BCUT2D eigenvalue weighted by atomic mass is 10.3. The molecule has 0 aliphatic heterocycles. The van der Waals surface area contributed by atoms with Crippen LogP contribution in [0.15, 0.2) is 42.7 Å². The Hall–Kier alpha value is -1.61. The Bertz CT molecular complexity index is 476. The number of benzene rings is 1. The Morgan fingerprint density at radius 3 is 2.62 bits per heavy atom. The van der Waals surface area contributed by atoms with Gasteiger partial charge in [-0.2, -0.15) is 0 Å². The first kappa shape index (κ1) is 10.9. The third-order valence-corrected chi connectivity index (χ3v) is 2.35. The van der Waals surface area contributed by atoms with Crippen LogP contribution in [0.1, 0.15) is 5.56 Å². The van der Waals surface area contributed by atoms with Crippen LogP contribution < -0.4 is 4.74 Å². The Kier molecular flexibility index (Phi) is 3.37. The maximum absolute atomic E-state index is 13.1. The predicted octanol–water partition coefficient (Wildman–Crippen LogP) is 3.45. The molecule has 2 aromatic rings. The number of ether oxygens (including phenoxy) is 1. The molecule has 0 radical (unpaired) electrons. The molecule has 0 fully saturated rings. The van der Waals surface area contributed by atoms with Crippen LogP contribution in [0.5, 0.6) is 5.75 Å². The van der Waals surface area contributed by atoms with Crippen LogP contribution in [0.25, 0.3) is 0 Å². The Morgan fingerprint density at radius 2 is 1.94 bits per heavy atom. The number of halogens is 2. The van der Waals surface area contributed by atoms with Crippen LogP contribution >= 0.6 is 11.6 Å². The van der Waals surface area contributed by atoms with Gasteiger partial charge in [0.15, 0.2) is 0 Å². The van der Waals surface area contributed by atoms with Gasteiger partial charge in [-0.1, -0.05) is 11.6 Å². The van der Waals surface area contributed by atoms with Gasteiger partial charge in [0.2, 0.25) is 0 Å². The molecule has 0 N–H and O–H groups in total. The van der Waals surface area contributed by atoms with E-state index in [-0.39, 0.29) is 5.02 Å². The van der Waals surface area contributed by atoms with E-state index in [1.807, 2.05) is 12.1 Å². The molecule has 1 aromatic heterocycles. The van der Waals surface area contributed by atoms with Gasteiger partial charge in [-0.15, -0.1) is 0 Å². The Balaban J connectivity index is 2.03. The Morgan fingerprint density at radius 1 is 1.19 bits per heavy atom. The smallest absolute Gasteiger partial charge is 0.145 e. The highest BCUT2D eigenvalue weighted by molar-refractivity contribution is 6.30. The minimum absolute atomic E-state index is 0.0938. The lowest BCUT2D eigenvalue weighted by molar-refractivity contribution is 0.304. The SMILES string of the molecule is Fc1cc(OCc2ccncc2)ccc1Cl. The van der Waals surface area contributed by atoms with Crippen LogP contribution in [0.4, 0.5) is 4.39 Å². The monoisotopic (exact) mass is 237 g/mol. The highest BCUT2D eigenvalue weighted by Gasteiger charge is 2.01. The number of hydrogen-bond acceptors (Lipinski definition) is 2. The minimum atomic E-state index is -0.478. The van der Waals surface area contributed by atoms with Gasteiger partial charge in [0.1, 0.15) is 18.2 Å². The largest absolute Gasteiger partial charge is 0.489 e. The average molecular weight is 238 g/mol. The summed E-state index contributed by atoms with van der Waals surface area (Å²) in [4.78, 5) is 3.89. The summed E-state index contributed by atoms with van der Waals surface area (Å²) < 4.78 is 18.5. The summed E-state index contributed by atoms with van der Waals surface area (Å²) in [6.45, 7) is 0.379. The topological polar surface area (TPSA) is 22.1 Å². The van der Waals surface area contributed by atoms with Crippen molar-refractivity contribution in [2.45, 2.75) is 6.61 Å². The molecule has 0 saturated heterocycles. The summed E-state index contributed by atoms with van der Waals surface area (Å²) in [6, 6.07) is 8.05. The van der Waals surface area contributed by atoms with E-state index >= 15 is 0 Å². The molecular weight excluding hydrogens is 229 g/mol. The first-order valence-corrected chi connectivity index (χ1v) is 5.10. The molecule has 0 bridgehead atoms. The molecule has 2 rings (SSSR count). The second-order valence-electron chi connectivity index (χ2n) is 3.22. The zero-order valence-corrected chi connectivity index (χ0v) is 9.12. The van der Waals surface area contributed by atoms with Gasteiger partial charge in [-0.05, 0) is 29.8 Å². The maximum Gasteiger partial charge on any atom is 0.145 e. The number of nitrogens with zero attached hydrogens (tertiary/aromatic N) is 1. The number of aromatic nitrogens is 1. The first-order valence-electron chi connectivity index (χ1n) is 4.72. The lowest BCUT2D eigenvalue weighted by Gasteiger charge is -2.06. The summed E-state index contributed by atoms with van der Waals surface area (Å²) in [7, 11) is 0. The van der Waals surface area contributed by atoms with E-state index in [0.717, 1.165) is 5.56 Å². The van der Waals surface area contributed by atoms with E-state index in [4.69, 9.17) is 16.3 Å². The molecule has 1 aromatic carbocycles. The van der Waals surface area contributed by atoms with Crippen molar-refractivity contribution in [1.82, 2.24) is 4.98 Å². The summed E-state index contributed by atoms with van der Waals surface area (Å²) >= 11 is 5.56. The van der Waals surface area contributed by atoms with Crippen molar-refractivity contribution >= 4 is 11.6 Å². The predicted molar refractivity (Wildman–Crippen MR) is 60.0 cm³/mol. The number of rotatable bonds is 3. The van der Waals surface area contributed by atoms with Gasteiger partial charge in [0.25, 0.3) is 0 Å². The van der Waals surface area contributed by atoms with Gasteiger partial charge in [0.05, 0.1) is 5.02 Å². The van der Waals surface area contributed by atoms with Crippen molar-refractivity contribution in [1.29, 1.82) is 0 Å². The second-order valence-corrected chi connectivity index (χ2v) is 3.63. The van der Waals surface area contributed by atoms with E-state index in [2.05, 4.69) is 4.98 Å². The summed E-state index contributed by atoms with van der Waals surface area (Å²) in [5.74, 6) is -0.0207. The van der Waals surface area contributed by atoms with Crippen LogP contribution in [0, 0.1) is 5.82 Å². The standard InChI is InChI=1S/C12H9ClFNO/c13-11-2-1-10(7-12(11)14)16-8-9-3-5-15-6-4-9/h1-7H,8H2. The summed E-state index contributed by atoms with van der Waals surface area (Å²) in [6.07, 6.45) is 3.36. The quantitative estimate of drug-likeness (QED) is 0.816. The molecule has 0 amide bonds. The van der Waals surface area contributed by atoms with Crippen LogP contribution in [0.2, 0.25) is 5.02 Å². The molecule has 1 heterocycles. The van der Waals surface area contributed by atoms with Crippen molar-refractivity contribution in [2.24, 2.45) is 0 Å². The van der Waals surface area contributed by atoms with E-state index in [0.29, 0.717) is 12.4 Å². The van der Waals surface area contributed by atoms with Crippen molar-refractivity contribution in [2.75, 3.05) is 0 Å². The zero-order valence-electron chi connectivity index (χ0n) is 8.36. The van der Waals surface area contributed by atoms with Crippen LogP contribution in [-0.4, -0.2) is 4.98 Å². The molecule has 0 unspecified atom stereocenters. The molecule has 0 aliphatic rings. The van der Waals surface area contributed by atoms with Gasteiger partial charge in [-0.3, -0.25) is 4.98 Å². The molecule has 0 spiro atoms. The highest BCUT2D eigenvalue weighted by atomic mass is 35.5. The molecule has 16 heavy (non-hydrogen) atoms. The number of hydrogen-bond donors (Lipinski definition) is 0. The average Bonchev–Trinajstić information content (AvgIpc) is 2.32. The van der Waals surface area contributed by atoms with E-state index in [1.54, 1.807) is 18.5 Å². The molecule has 2 nitrogen and oxygen atoms in total. The van der Waals surface area contributed by atoms with E-state index in [1.165, 1.54) is 12.1 Å². The van der Waals surface area contributed by atoms with Crippen molar-refractivity contribution < 1.29 is 9.13 Å². The molecule has 0 atom stereocenters. The molecule has 82 valence electrons.